The molecule has 0 aliphatic carbocycles. The zero-order valence-corrected chi connectivity index (χ0v) is 11.7. The SMILES string of the molecule is Cc1nc(C(F)(F)F)c(C(=O)Nc2ccc([N+](=O)[O-])cn2)s1. The Balaban J connectivity index is 2.24. The second kappa shape index (κ2) is 5.67. The van der Waals surface area contributed by atoms with Crippen molar-refractivity contribution in [3.63, 3.8) is 0 Å². The van der Waals surface area contributed by atoms with Gasteiger partial charge in [-0.15, -0.1) is 11.3 Å². The highest BCUT2D eigenvalue weighted by molar-refractivity contribution is 7.13. The number of nitro groups is 1. The number of thiazole rings is 1. The lowest BCUT2D eigenvalue weighted by atomic mass is 10.3. The molecule has 0 aliphatic rings. The van der Waals surface area contributed by atoms with E-state index in [9.17, 15) is 28.1 Å². The minimum absolute atomic E-state index is 0.0918. The standard InChI is InChI=1S/C11H7F3N4O3S/c1-5-16-9(11(12,13)14)8(22-5)10(19)17-7-3-2-6(4-15-7)18(20)21/h2-4H,1H3,(H,15,17,19). The van der Waals surface area contributed by atoms with Crippen LogP contribution in [0.4, 0.5) is 24.7 Å². The van der Waals surface area contributed by atoms with Crippen LogP contribution in [-0.4, -0.2) is 20.8 Å². The van der Waals surface area contributed by atoms with Crippen molar-refractivity contribution in [1.29, 1.82) is 0 Å². The van der Waals surface area contributed by atoms with Crippen LogP contribution in [0.1, 0.15) is 20.4 Å². The number of nitrogens with one attached hydrogen (secondary N) is 1. The van der Waals surface area contributed by atoms with Crippen molar-refractivity contribution in [2.45, 2.75) is 13.1 Å². The summed E-state index contributed by atoms with van der Waals surface area (Å²) in [7, 11) is 0. The van der Waals surface area contributed by atoms with Crippen LogP contribution in [-0.2, 0) is 6.18 Å². The fraction of sp³-hybridized carbons (Fsp3) is 0.182. The topological polar surface area (TPSA) is 98.0 Å². The van der Waals surface area contributed by atoms with Gasteiger partial charge in [0, 0.05) is 6.07 Å². The highest BCUT2D eigenvalue weighted by Crippen LogP contribution is 2.34. The van der Waals surface area contributed by atoms with Crippen LogP contribution in [0.15, 0.2) is 18.3 Å². The number of amides is 1. The second-order valence-corrected chi connectivity index (χ2v) is 5.22. The quantitative estimate of drug-likeness (QED) is 0.688. The highest BCUT2D eigenvalue weighted by Gasteiger charge is 2.39. The van der Waals surface area contributed by atoms with Gasteiger partial charge in [0.1, 0.15) is 16.9 Å². The fourth-order valence-corrected chi connectivity index (χ4v) is 2.35. The molecule has 0 aliphatic heterocycles. The van der Waals surface area contributed by atoms with E-state index in [1.165, 1.54) is 6.92 Å². The summed E-state index contributed by atoms with van der Waals surface area (Å²) in [6.07, 6.45) is -3.86. The summed E-state index contributed by atoms with van der Waals surface area (Å²) in [6, 6.07) is 2.20. The van der Waals surface area contributed by atoms with Crippen LogP contribution in [0.2, 0.25) is 0 Å². The zero-order valence-electron chi connectivity index (χ0n) is 10.8. The first-order chi connectivity index (χ1) is 10.2. The molecule has 2 rings (SSSR count). The largest absolute Gasteiger partial charge is 0.435 e. The number of pyridine rings is 1. The minimum atomic E-state index is -4.75. The Morgan fingerprint density at radius 3 is 2.59 bits per heavy atom. The monoisotopic (exact) mass is 332 g/mol. The summed E-state index contributed by atoms with van der Waals surface area (Å²) in [5.74, 6) is -1.13. The van der Waals surface area contributed by atoms with Gasteiger partial charge in [-0.2, -0.15) is 13.2 Å². The minimum Gasteiger partial charge on any atom is -0.306 e. The van der Waals surface area contributed by atoms with Gasteiger partial charge in [0.2, 0.25) is 0 Å². The molecule has 0 radical (unpaired) electrons. The van der Waals surface area contributed by atoms with E-state index in [4.69, 9.17) is 0 Å². The molecule has 2 aromatic rings. The van der Waals surface area contributed by atoms with Gasteiger partial charge in [0.25, 0.3) is 11.6 Å². The van der Waals surface area contributed by atoms with E-state index in [0.717, 1.165) is 18.3 Å². The van der Waals surface area contributed by atoms with Crippen molar-refractivity contribution >= 4 is 28.7 Å². The lowest BCUT2D eigenvalue weighted by molar-refractivity contribution is -0.385. The molecular formula is C11H7F3N4O3S. The average Bonchev–Trinajstić information content (AvgIpc) is 2.81. The van der Waals surface area contributed by atoms with Crippen LogP contribution >= 0.6 is 11.3 Å². The van der Waals surface area contributed by atoms with Crippen molar-refractivity contribution in [1.82, 2.24) is 9.97 Å². The molecule has 0 saturated carbocycles. The number of anilines is 1. The molecule has 0 atom stereocenters. The third-order valence-corrected chi connectivity index (χ3v) is 3.38. The predicted molar refractivity (Wildman–Crippen MR) is 70.7 cm³/mol. The summed E-state index contributed by atoms with van der Waals surface area (Å²) >= 11 is 0.597. The van der Waals surface area contributed by atoms with E-state index in [-0.39, 0.29) is 16.5 Å². The van der Waals surface area contributed by atoms with Gasteiger partial charge in [0.15, 0.2) is 5.69 Å². The predicted octanol–water partition coefficient (Wildman–Crippen LogP) is 3.03. The van der Waals surface area contributed by atoms with E-state index in [2.05, 4.69) is 15.3 Å². The van der Waals surface area contributed by atoms with Gasteiger partial charge in [-0.05, 0) is 13.0 Å². The molecule has 22 heavy (non-hydrogen) atoms. The van der Waals surface area contributed by atoms with Crippen molar-refractivity contribution in [3.05, 3.63) is 44.0 Å². The lowest BCUT2D eigenvalue weighted by Gasteiger charge is -2.06. The summed E-state index contributed by atoms with van der Waals surface area (Å²) in [5, 5.41) is 12.7. The van der Waals surface area contributed by atoms with E-state index < -0.39 is 27.6 Å². The number of rotatable bonds is 3. The third-order valence-electron chi connectivity index (χ3n) is 2.41. The molecule has 2 aromatic heterocycles. The number of aromatic nitrogens is 2. The first-order valence-electron chi connectivity index (χ1n) is 5.65. The normalized spacial score (nSPS) is 11.3. The Morgan fingerprint density at radius 1 is 1.41 bits per heavy atom. The lowest BCUT2D eigenvalue weighted by Crippen LogP contribution is -2.17. The Bertz CT molecular complexity index is 727. The number of alkyl halides is 3. The van der Waals surface area contributed by atoms with Crippen LogP contribution < -0.4 is 5.32 Å². The van der Waals surface area contributed by atoms with Crippen molar-refractivity contribution in [2.75, 3.05) is 5.32 Å². The summed E-state index contributed by atoms with van der Waals surface area (Å²) in [5.41, 5.74) is -1.57. The summed E-state index contributed by atoms with van der Waals surface area (Å²) in [6.45, 7) is 1.35. The van der Waals surface area contributed by atoms with Gasteiger partial charge >= 0.3 is 6.18 Å². The second-order valence-electron chi connectivity index (χ2n) is 4.02. The molecule has 7 nitrogen and oxygen atoms in total. The van der Waals surface area contributed by atoms with Crippen LogP contribution in [0.25, 0.3) is 0 Å². The van der Waals surface area contributed by atoms with E-state index in [1.54, 1.807) is 0 Å². The molecule has 116 valence electrons. The summed E-state index contributed by atoms with van der Waals surface area (Å²) < 4.78 is 38.3. The Kier molecular flexibility index (Phi) is 4.08. The van der Waals surface area contributed by atoms with E-state index in [0.29, 0.717) is 11.3 Å². The number of carbonyl (C=O) groups is 1. The number of halogens is 3. The molecule has 0 spiro atoms. The number of hydrogen-bond donors (Lipinski definition) is 1. The molecule has 0 unspecified atom stereocenters. The fourth-order valence-electron chi connectivity index (χ4n) is 1.51. The molecule has 0 aromatic carbocycles. The maximum absolute atomic E-state index is 12.8. The van der Waals surface area contributed by atoms with Gasteiger partial charge in [-0.25, -0.2) is 9.97 Å². The maximum Gasteiger partial charge on any atom is 0.435 e. The van der Waals surface area contributed by atoms with Crippen LogP contribution in [0.5, 0.6) is 0 Å². The summed E-state index contributed by atoms with van der Waals surface area (Å²) in [4.78, 5) is 28.0. The van der Waals surface area contributed by atoms with Crippen molar-refractivity contribution in [2.24, 2.45) is 0 Å². The molecule has 0 bridgehead atoms. The molecule has 11 heteroatoms. The zero-order chi connectivity index (χ0) is 16.5. The van der Waals surface area contributed by atoms with Gasteiger partial charge < -0.3 is 5.32 Å². The molecule has 1 N–H and O–H groups in total. The van der Waals surface area contributed by atoms with Crippen molar-refractivity contribution in [3.8, 4) is 0 Å². The number of carbonyl (C=O) groups excluding carboxylic acids is 1. The van der Waals surface area contributed by atoms with Crippen LogP contribution in [0, 0.1) is 17.0 Å². The Hall–Kier alpha value is -2.56. The Labute approximate surface area is 125 Å². The first-order valence-corrected chi connectivity index (χ1v) is 6.46. The van der Waals surface area contributed by atoms with Crippen LogP contribution in [0.3, 0.4) is 0 Å². The van der Waals surface area contributed by atoms with E-state index in [1.807, 2.05) is 0 Å². The third kappa shape index (κ3) is 3.36. The molecular weight excluding hydrogens is 325 g/mol. The number of nitrogens with zero attached hydrogens (tertiary/aromatic N) is 3. The van der Waals surface area contributed by atoms with Gasteiger partial charge in [0.05, 0.1) is 9.93 Å². The molecule has 2 heterocycles. The maximum atomic E-state index is 12.8. The van der Waals surface area contributed by atoms with E-state index >= 15 is 0 Å². The molecule has 0 saturated heterocycles. The molecule has 0 fully saturated rings. The van der Waals surface area contributed by atoms with Gasteiger partial charge in [-0.3, -0.25) is 14.9 Å². The highest BCUT2D eigenvalue weighted by atomic mass is 32.1. The number of hydrogen-bond acceptors (Lipinski definition) is 6. The smallest absolute Gasteiger partial charge is 0.306 e. The average molecular weight is 332 g/mol. The first kappa shape index (κ1) is 15.8. The van der Waals surface area contributed by atoms with Crippen molar-refractivity contribution < 1.29 is 22.9 Å². The van der Waals surface area contributed by atoms with Gasteiger partial charge in [-0.1, -0.05) is 0 Å². The number of aryl methyl sites for hydroxylation is 1. The Morgan fingerprint density at radius 2 is 2.09 bits per heavy atom. The molecule has 1 amide bonds.